The van der Waals surface area contributed by atoms with E-state index in [0.29, 0.717) is 0 Å². The molecule has 0 saturated carbocycles. The third kappa shape index (κ3) is 4.04. The SMILES string of the molecule is C1=CSSC1.c1ccsc1. The first-order valence-corrected chi connectivity index (χ1v) is 6.23. The highest BCUT2D eigenvalue weighted by atomic mass is 33.1. The molecule has 0 atom stereocenters. The van der Waals surface area contributed by atoms with Gasteiger partial charge >= 0.3 is 0 Å². The van der Waals surface area contributed by atoms with Gasteiger partial charge < -0.3 is 0 Å². The fraction of sp³-hybridized carbons (Fsp3) is 0.143. The molecule has 0 saturated heterocycles. The predicted octanol–water partition coefficient (Wildman–Crippen LogP) is 3.64. The van der Waals surface area contributed by atoms with E-state index in [1.54, 1.807) is 11.3 Å². The number of hydrogen-bond acceptors (Lipinski definition) is 3. The molecule has 0 aliphatic carbocycles. The summed E-state index contributed by atoms with van der Waals surface area (Å²) in [6.45, 7) is 0. The van der Waals surface area contributed by atoms with Gasteiger partial charge in [-0.3, -0.25) is 0 Å². The largest absolute Gasteiger partial charge is 0.152 e. The van der Waals surface area contributed by atoms with E-state index in [1.807, 2.05) is 44.5 Å². The minimum atomic E-state index is 1.20. The summed E-state index contributed by atoms with van der Waals surface area (Å²) in [4.78, 5) is 0. The minimum Gasteiger partial charge on any atom is -0.152 e. The van der Waals surface area contributed by atoms with Crippen molar-refractivity contribution in [3.05, 3.63) is 34.4 Å². The molecule has 0 radical (unpaired) electrons. The average molecular weight is 188 g/mol. The summed E-state index contributed by atoms with van der Waals surface area (Å²) in [5.74, 6) is 1.20. The Balaban J connectivity index is 0.0000001000. The van der Waals surface area contributed by atoms with Crippen LogP contribution in [0.15, 0.2) is 34.4 Å². The van der Waals surface area contributed by atoms with Crippen LogP contribution in [0.2, 0.25) is 0 Å². The van der Waals surface area contributed by atoms with Crippen molar-refractivity contribution in [1.29, 1.82) is 0 Å². The molecule has 3 heteroatoms. The zero-order chi connectivity index (χ0) is 7.07. The van der Waals surface area contributed by atoms with Crippen LogP contribution in [-0.2, 0) is 0 Å². The van der Waals surface area contributed by atoms with Crippen LogP contribution in [-0.4, -0.2) is 5.75 Å². The lowest BCUT2D eigenvalue weighted by atomic mass is 10.7. The van der Waals surface area contributed by atoms with Crippen LogP contribution in [0.4, 0.5) is 0 Å². The normalized spacial score (nSPS) is 14.4. The second kappa shape index (κ2) is 5.89. The first kappa shape index (κ1) is 8.24. The molecule has 2 heterocycles. The van der Waals surface area contributed by atoms with E-state index >= 15 is 0 Å². The maximum absolute atomic E-state index is 2.16. The molecule has 1 aromatic heterocycles. The molecule has 0 unspecified atom stereocenters. The topological polar surface area (TPSA) is 0 Å². The van der Waals surface area contributed by atoms with Gasteiger partial charge in [0.05, 0.1) is 0 Å². The fourth-order valence-corrected chi connectivity index (χ4v) is 2.45. The standard InChI is InChI=1S/C4H4S.C3H4S2/c2*1-2-4-5-3-1/h1-4H;1-2H,3H2. The third-order valence-corrected chi connectivity index (χ3v) is 3.36. The van der Waals surface area contributed by atoms with E-state index in [9.17, 15) is 0 Å². The molecule has 0 N–H and O–H groups in total. The van der Waals surface area contributed by atoms with Crippen LogP contribution in [0.3, 0.4) is 0 Å². The molecule has 1 aliphatic rings. The van der Waals surface area contributed by atoms with E-state index in [1.165, 1.54) is 5.75 Å². The lowest BCUT2D eigenvalue weighted by molar-refractivity contribution is 1.85. The molecule has 10 heavy (non-hydrogen) atoms. The maximum atomic E-state index is 2.16. The van der Waals surface area contributed by atoms with Gasteiger partial charge in [-0.1, -0.05) is 39.8 Å². The molecular weight excluding hydrogens is 180 g/mol. The molecule has 2 rings (SSSR count). The Hall–Kier alpha value is 0.140. The van der Waals surface area contributed by atoms with Crippen LogP contribution in [0.1, 0.15) is 0 Å². The molecule has 0 nitrogen and oxygen atoms in total. The Morgan fingerprint density at radius 2 is 1.90 bits per heavy atom. The quantitative estimate of drug-likeness (QED) is 0.570. The highest BCUT2D eigenvalue weighted by Gasteiger charge is 1.85. The molecular formula is C7H8S3. The summed E-state index contributed by atoms with van der Waals surface area (Å²) in [7, 11) is 3.69. The van der Waals surface area contributed by atoms with Gasteiger partial charge in [-0.15, -0.1) is 0 Å². The van der Waals surface area contributed by atoms with E-state index < -0.39 is 0 Å². The molecule has 0 bridgehead atoms. The van der Waals surface area contributed by atoms with Crippen LogP contribution >= 0.6 is 32.9 Å². The number of rotatable bonds is 0. The highest BCUT2D eigenvalue weighted by Crippen LogP contribution is 2.27. The summed E-state index contributed by atoms with van der Waals surface area (Å²) < 4.78 is 0. The summed E-state index contributed by atoms with van der Waals surface area (Å²) in [5, 5.41) is 6.20. The van der Waals surface area contributed by atoms with Crippen molar-refractivity contribution in [1.82, 2.24) is 0 Å². The Kier molecular flexibility index (Phi) is 4.85. The van der Waals surface area contributed by atoms with Crippen molar-refractivity contribution in [2.45, 2.75) is 0 Å². The van der Waals surface area contributed by atoms with Crippen molar-refractivity contribution in [3.8, 4) is 0 Å². The minimum absolute atomic E-state index is 1.20. The molecule has 1 aromatic rings. The van der Waals surface area contributed by atoms with Crippen molar-refractivity contribution in [2.24, 2.45) is 0 Å². The first-order valence-electron chi connectivity index (χ1n) is 2.90. The summed E-state index contributed by atoms with van der Waals surface area (Å²) in [5.41, 5.74) is 0. The van der Waals surface area contributed by atoms with Gasteiger partial charge in [0.25, 0.3) is 0 Å². The molecule has 0 aromatic carbocycles. The third-order valence-electron chi connectivity index (χ3n) is 0.809. The smallest absolute Gasteiger partial charge is 0.0229 e. The van der Waals surface area contributed by atoms with Gasteiger partial charge in [-0.25, -0.2) is 0 Å². The lowest BCUT2D eigenvalue weighted by Gasteiger charge is -1.69. The van der Waals surface area contributed by atoms with Crippen molar-refractivity contribution >= 4 is 32.9 Å². The Morgan fingerprint density at radius 3 is 2.10 bits per heavy atom. The van der Waals surface area contributed by atoms with Crippen LogP contribution in [0, 0.1) is 0 Å². The van der Waals surface area contributed by atoms with Crippen LogP contribution in [0.25, 0.3) is 0 Å². The Morgan fingerprint density at radius 1 is 1.10 bits per heavy atom. The van der Waals surface area contributed by atoms with Gasteiger partial charge in [0.2, 0.25) is 0 Å². The van der Waals surface area contributed by atoms with E-state index in [-0.39, 0.29) is 0 Å². The fourth-order valence-electron chi connectivity index (χ4n) is 0.423. The zero-order valence-electron chi connectivity index (χ0n) is 5.40. The summed E-state index contributed by atoms with van der Waals surface area (Å²) in [6, 6.07) is 4.04. The first-order chi connectivity index (χ1) is 5.00. The predicted molar refractivity (Wildman–Crippen MR) is 53.5 cm³/mol. The second-order valence-corrected chi connectivity index (χ2v) is 4.68. The number of hydrogen-bond donors (Lipinski definition) is 0. The van der Waals surface area contributed by atoms with Crippen LogP contribution in [0.5, 0.6) is 0 Å². The Bertz CT molecular complexity index is 144. The van der Waals surface area contributed by atoms with E-state index in [4.69, 9.17) is 0 Å². The molecule has 1 aliphatic heterocycles. The second-order valence-electron chi connectivity index (χ2n) is 1.55. The van der Waals surface area contributed by atoms with Crippen LogP contribution < -0.4 is 0 Å². The molecule has 0 spiro atoms. The summed E-state index contributed by atoms with van der Waals surface area (Å²) in [6.07, 6.45) is 2.16. The monoisotopic (exact) mass is 188 g/mol. The number of thiophene rings is 1. The highest BCUT2D eigenvalue weighted by molar-refractivity contribution is 8.78. The zero-order valence-corrected chi connectivity index (χ0v) is 7.85. The van der Waals surface area contributed by atoms with Gasteiger partial charge in [-0.2, -0.15) is 11.3 Å². The average Bonchev–Trinajstić information content (AvgIpc) is 2.67. The van der Waals surface area contributed by atoms with Gasteiger partial charge in [0, 0.05) is 5.75 Å². The summed E-state index contributed by atoms with van der Waals surface area (Å²) >= 11 is 1.71. The lowest BCUT2D eigenvalue weighted by Crippen LogP contribution is -1.46. The van der Waals surface area contributed by atoms with E-state index in [0.717, 1.165) is 0 Å². The van der Waals surface area contributed by atoms with Crippen molar-refractivity contribution < 1.29 is 0 Å². The van der Waals surface area contributed by atoms with Crippen molar-refractivity contribution in [3.63, 3.8) is 0 Å². The van der Waals surface area contributed by atoms with Gasteiger partial charge in [0.15, 0.2) is 0 Å². The van der Waals surface area contributed by atoms with E-state index in [2.05, 4.69) is 11.5 Å². The molecule has 0 amide bonds. The van der Waals surface area contributed by atoms with Gasteiger partial charge in [0.1, 0.15) is 0 Å². The molecule has 54 valence electrons. The molecule has 0 fully saturated rings. The van der Waals surface area contributed by atoms with Gasteiger partial charge in [-0.05, 0) is 16.2 Å². The Labute approximate surface area is 73.1 Å². The maximum Gasteiger partial charge on any atom is 0.0229 e. The van der Waals surface area contributed by atoms with Crippen molar-refractivity contribution in [2.75, 3.05) is 5.75 Å².